The minimum Gasteiger partial charge on any atom is -0.393 e. The van der Waals surface area contributed by atoms with E-state index in [4.69, 9.17) is 0 Å². The molecule has 0 aromatic rings. The van der Waals surface area contributed by atoms with Crippen LogP contribution in [-0.4, -0.2) is 39.3 Å². The van der Waals surface area contributed by atoms with Gasteiger partial charge in [-0.1, -0.05) is 32.1 Å². The third-order valence-corrected chi connectivity index (χ3v) is 8.64. The van der Waals surface area contributed by atoms with E-state index in [1.807, 2.05) is 6.92 Å². The molecule has 3 aliphatic rings. The maximum absolute atomic E-state index is 14.3. The molecule has 0 spiro atoms. The van der Waals surface area contributed by atoms with Crippen LogP contribution in [0.1, 0.15) is 86.0 Å². The van der Waals surface area contributed by atoms with E-state index in [-0.39, 0.29) is 5.41 Å². The second kappa shape index (κ2) is 9.49. The molecule has 0 amide bonds. The molecule has 7 atom stereocenters. The number of aliphatic hydroxyl groups is 3. The number of alkyl halides is 1. The Morgan fingerprint density at radius 2 is 1.94 bits per heavy atom. The Labute approximate surface area is 188 Å². The summed E-state index contributed by atoms with van der Waals surface area (Å²) in [5, 5.41) is 30.2. The number of fused-ring (bicyclic) bond motifs is 1. The Morgan fingerprint density at radius 3 is 2.61 bits per heavy atom. The highest BCUT2D eigenvalue weighted by Gasteiger charge is 2.49. The standard InChI is InChI=1S/C27H43FO3/c1-17(8-13-25(28)26(3,4)31)22-11-12-23-19(7-6-14-27(22,23)5)9-10-20-15-21(29)16-24(30)18(20)2/h7,9-10,17,21-25,29-31H,6,8,11-16H2,1-5H3/t17-,21+,22-,23+,24-,25+,27-/m1/s1. The van der Waals surface area contributed by atoms with Crippen LogP contribution in [-0.2, 0) is 0 Å². The SMILES string of the molecule is CC1=C(C=CC2=CCC[C@]3(C)[C@@H]([C@H](C)CC[C@H](F)C(C)(C)O)CC[C@@H]23)C[C@H](O)C[C@H]1O. The van der Waals surface area contributed by atoms with E-state index in [0.29, 0.717) is 37.0 Å². The van der Waals surface area contributed by atoms with Gasteiger partial charge in [-0.25, -0.2) is 4.39 Å². The average molecular weight is 435 g/mol. The van der Waals surface area contributed by atoms with Crippen molar-refractivity contribution in [3.63, 3.8) is 0 Å². The van der Waals surface area contributed by atoms with Gasteiger partial charge in [0, 0.05) is 6.42 Å². The largest absolute Gasteiger partial charge is 0.393 e. The van der Waals surface area contributed by atoms with E-state index in [1.165, 1.54) is 18.4 Å². The first-order valence-electron chi connectivity index (χ1n) is 12.2. The Kier molecular flexibility index (Phi) is 7.55. The second-order valence-electron chi connectivity index (χ2n) is 11.3. The van der Waals surface area contributed by atoms with Crippen LogP contribution in [0.5, 0.6) is 0 Å². The van der Waals surface area contributed by atoms with Crippen LogP contribution in [0.15, 0.2) is 34.9 Å². The zero-order valence-electron chi connectivity index (χ0n) is 20.1. The third kappa shape index (κ3) is 5.34. The Morgan fingerprint density at radius 1 is 1.23 bits per heavy atom. The van der Waals surface area contributed by atoms with Crippen molar-refractivity contribution in [1.29, 1.82) is 0 Å². The van der Waals surface area contributed by atoms with Gasteiger partial charge in [0.25, 0.3) is 0 Å². The van der Waals surface area contributed by atoms with Gasteiger partial charge < -0.3 is 15.3 Å². The monoisotopic (exact) mass is 434 g/mol. The van der Waals surface area contributed by atoms with Gasteiger partial charge >= 0.3 is 0 Å². The fourth-order valence-corrected chi connectivity index (χ4v) is 6.49. The fraction of sp³-hybridized carbons (Fsp3) is 0.778. The zero-order valence-corrected chi connectivity index (χ0v) is 20.1. The molecule has 176 valence electrons. The van der Waals surface area contributed by atoms with Crippen LogP contribution in [0.2, 0.25) is 0 Å². The van der Waals surface area contributed by atoms with E-state index < -0.39 is 24.0 Å². The Hall–Kier alpha value is -0.970. The molecule has 0 unspecified atom stereocenters. The summed E-state index contributed by atoms with van der Waals surface area (Å²) in [6, 6.07) is 0. The summed E-state index contributed by atoms with van der Waals surface area (Å²) in [7, 11) is 0. The molecule has 3 N–H and O–H groups in total. The molecule has 0 aromatic heterocycles. The predicted molar refractivity (Wildman–Crippen MR) is 124 cm³/mol. The summed E-state index contributed by atoms with van der Waals surface area (Å²) in [6.07, 6.45) is 11.4. The molecule has 1 fully saturated rings. The topological polar surface area (TPSA) is 60.7 Å². The van der Waals surface area contributed by atoms with Gasteiger partial charge in [0.2, 0.25) is 0 Å². The summed E-state index contributed by atoms with van der Waals surface area (Å²) >= 11 is 0. The van der Waals surface area contributed by atoms with Crippen molar-refractivity contribution >= 4 is 0 Å². The summed E-state index contributed by atoms with van der Waals surface area (Å²) in [5.74, 6) is 1.52. The van der Waals surface area contributed by atoms with Crippen LogP contribution in [0.3, 0.4) is 0 Å². The lowest BCUT2D eigenvalue weighted by Gasteiger charge is -2.43. The lowest BCUT2D eigenvalue weighted by atomic mass is 9.62. The first-order chi connectivity index (χ1) is 14.4. The van der Waals surface area contributed by atoms with Crippen LogP contribution >= 0.6 is 0 Å². The lowest BCUT2D eigenvalue weighted by molar-refractivity contribution is -0.0116. The van der Waals surface area contributed by atoms with Crippen molar-refractivity contribution in [3.05, 3.63) is 34.9 Å². The number of allylic oxidation sites excluding steroid dienone is 4. The normalized spacial score (nSPS) is 36.5. The van der Waals surface area contributed by atoms with E-state index in [9.17, 15) is 19.7 Å². The van der Waals surface area contributed by atoms with Gasteiger partial charge in [-0.05, 0) is 106 Å². The molecule has 0 aliphatic heterocycles. The molecule has 3 rings (SSSR count). The van der Waals surface area contributed by atoms with Gasteiger partial charge in [0.1, 0.15) is 6.17 Å². The van der Waals surface area contributed by atoms with Crippen molar-refractivity contribution in [2.75, 3.05) is 0 Å². The number of hydrogen-bond donors (Lipinski definition) is 3. The molecular weight excluding hydrogens is 391 g/mol. The Bertz CT molecular complexity index is 731. The fourth-order valence-electron chi connectivity index (χ4n) is 6.49. The maximum atomic E-state index is 14.3. The van der Waals surface area contributed by atoms with Gasteiger partial charge in [0.15, 0.2) is 0 Å². The van der Waals surface area contributed by atoms with Crippen LogP contribution in [0.4, 0.5) is 4.39 Å². The molecular formula is C27H43FO3. The minimum absolute atomic E-state index is 0.226. The molecule has 0 aromatic carbocycles. The number of hydrogen-bond acceptors (Lipinski definition) is 3. The first-order valence-corrected chi connectivity index (χ1v) is 12.2. The van der Waals surface area contributed by atoms with E-state index in [0.717, 1.165) is 30.4 Å². The van der Waals surface area contributed by atoms with Crippen molar-refractivity contribution in [3.8, 4) is 0 Å². The lowest BCUT2D eigenvalue weighted by Crippen LogP contribution is -2.36. The van der Waals surface area contributed by atoms with E-state index in [2.05, 4.69) is 32.1 Å². The highest BCUT2D eigenvalue weighted by Crippen LogP contribution is 2.58. The van der Waals surface area contributed by atoms with E-state index in [1.54, 1.807) is 13.8 Å². The first kappa shape index (κ1) is 24.7. The minimum atomic E-state index is -1.26. The summed E-state index contributed by atoms with van der Waals surface area (Å²) in [4.78, 5) is 0. The highest BCUT2D eigenvalue weighted by molar-refractivity contribution is 5.37. The second-order valence-corrected chi connectivity index (χ2v) is 11.3. The third-order valence-electron chi connectivity index (χ3n) is 8.64. The van der Waals surface area contributed by atoms with Gasteiger partial charge in [-0.15, -0.1) is 0 Å². The van der Waals surface area contributed by atoms with Crippen molar-refractivity contribution in [2.24, 2.45) is 23.2 Å². The average Bonchev–Trinajstić information content (AvgIpc) is 3.04. The summed E-state index contributed by atoms with van der Waals surface area (Å²) in [5.41, 5.74) is 2.39. The van der Waals surface area contributed by atoms with Crippen molar-refractivity contribution in [2.45, 2.75) is 110 Å². The van der Waals surface area contributed by atoms with Gasteiger partial charge in [0.05, 0.1) is 17.8 Å². The molecule has 31 heavy (non-hydrogen) atoms. The zero-order chi connectivity index (χ0) is 23.0. The summed E-state index contributed by atoms with van der Waals surface area (Å²) in [6.45, 7) is 9.77. The Balaban J connectivity index is 1.69. The molecule has 0 radical (unpaired) electrons. The summed E-state index contributed by atoms with van der Waals surface area (Å²) < 4.78 is 14.3. The number of rotatable bonds is 7. The molecule has 1 saturated carbocycles. The quantitative estimate of drug-likeness (QED) is 0.485. The molecule has 4 heteroatoms. The molecule has 0 bridgehead atoms. The van der Waals surface area contributed by atoms with Gasteiger partial charge in [-0.3, -0.25) is 0 Å². The predicted octanol–water partition coefficient (Wildman–Crippen LogP) is 5.65. The van der Waals surface area contributed by atoms with Crippen molar-refractivity contribution in [1.82, 2.24) is 0 Å². The maximum Gasteiger partial charge on any atom is 0.128 e. The van der Waals surface area contributed by atoms with Crippen LogP contribution in [0.25, 0.3) is 0 Å². The number of aliphatic hydroxyl groups excluding tert-OH is 2. The van der Waals surface area contributed by atoms with Crippen molar-refractivity contribution < 1.29 is 19.7 Å². The van der Waals surface area contributed by atoms with Gasteiger partial charge in [-0.2, -0.15) is 0 Å². The molecule has 3 nitrogen and oxygen atoms in total. The highest BCUT2D eigenvalue weighted by atomic mass is 19.1. The van der Waals surface area contributed by atoms with Crippen LogP contribution < -0.4 is 0 Å². The smallest absolute Gasteiger partial charge is 0.128 e. The molecule has 0 heterocycles. The van der Waals surface area contributed by atoms with E-state index >= 15 is 0 Å². The van der Waals surface area contributed by atoms with Crippen LogP contribution in [0, 0.1) is 23.2 Å². The molecule has 0 saturated heterocycles. The molecule has 3 aliphatic carbocycles. The number of halogens is 1.